The minimum Gasteiger partial charge on any atom is -0.491 e. The van der Waals surface area contributed by atoms with Gasteiger partial charge < -0.3 is 9.84 Å². The quantitative estimate of drug-likeness (QED) is 0.576. The third kappa shape index (κ3) is 5.35. The molecule has 0 aliphatic heterocycles. The Labute approximate surface area is 148 Å². The average molecular weight is 362 g/mol. The van der Waals surface area contributed by atoms with Crippen molar-refractivity contribution in [3.8, 4) is 5.75 Å². The SMILES string of the molecule is CC(C)Oc1ccc(/C=N\n2c(=S)[nH]nc(CCC(=O)O)c2=O)cc1. The van der Waals surface area contributed by atoms with Crippen LogP contribution in [-0.2, 0) is 11.2 Å². The molecule has 25 heavy (non-hydrogen) atoms. The van der Waals surface area contributed by atoms with Gasteiger partial charge in [0.1, 0.15) is 11.4 Å². The fraction of sp³-hybridized carbons (Fsp3) is 0.312. The molecule has 0 spiro atoms. The molecule has 0 aliphatic carbocycles. The molecule has 0 saturated heterocycles. The summed E-state index contributed by atoms with van der Waals surface area (Å²) in [5, 5.41) is 19.1. The van der Waals surface area contributed by atoms with Crippen molar-refractivity contribution in [2.75, 3.05) is 0 Å². The van der Waals surface area contributed by atoms with E-state index in [-0.39, 0.29) is 29.4 Å². The Balaban J connectivity index is 2.22. The van der Waals surface area contributed by atoms with Crippen LogP contribution in [0.2, 0.25) is 0 Å². The van der Waals surface area contributed by atoms with Crippen molar-refractivity contribution in [3.05, 3.63) is 50.6 Å². The minimum absolute atomic E-state index is 0.00294. The first-order valence-electron chi connectivity index (χ1n) is 7.60. The summed E-state index contributed by atoms with van der Waals surface area (Å²) in [5.41, 5.74) is 0.274. The predicted octanol–water partition coefficient (Wildman–Crippen LogP) is 1.99. The average Bonchev–Trinajstić information content (AvgIpc) is 2.55. The Hall–Kier alpha value is -2.81. The van der Waals surface area contributed by atoms with Crippen LogP contribution in [0, 0.1) is 4.77 Å². The van der Waals surface area contributed by atoms with E-state index < -0.39 is 11.5 Å². The lowest BCUT2D eigenvalue weighted by atomic mass is 10.2. The highest BCUT2D eigenvalue weighted by molar-refractivity contribution is 7.71. The van der Waals surface area contributed by atoms with Gasteiger partial charge in [0.05, 0.1) is 18.7 Å². The number of aromatic amines is 1. The summed E-state index contributed by atoms with van der Waals surface area (Å²) in [6, 6.07) is 7.20. The number of nitrogens with one attached hydrogen (secondary N) is 1. The van der Waals surface area contributed by atoms with E-state index in [0.29, 0.717) is 0 Å². The smallest absolute Gasteiger partial charge is 0.303 e. The molecule has 2 aromatic rings. The minimum atomic E-state index is -1.01. The van der Waals surface area contributed by atoms with Gasteiger partial charge in [0.15, 0.2) is 0 Å². The molecule has 132 valence electrons. The van der Waals surface area contributed by atoms with E-state index in [0.717, 1.165) is 16.0 Å². The number of carboxylic acid groups (broad SMARTS) is 1. The molecule has 0 saturated carbocycles. The van der Waals surface area contributed by atoms with Gasteiger partial charge >= 0.3 is 5.97 Å². The molecule has 0 fully saturated rings. The number of rotatable bonds is 7. The van der Waals surface area contributed by atoms with Gasteiger partial charge in [-0.15, -0.1) is 0 Å². The Morgan fingerprint density at radius 1 is 1.44 bits per heavy atom. The van der Waals surface area contributed by atoms with E-state index in [1.54, 1.807) is 24.3 Å². The molecule has 0 atom stereocenters. The normalized spacial score (nSPS) is 11.2. The van der Waals surface area contributed by atoms with Crippen LogP contribution < -0.4 is 10.3 Å². The third-order valence-corrected chi connectivity index (χ3v) is 3.33. The van der Waals surface area contributed by atoms with Gasteiger partial charge in [0.25, 0.3) is 5.56 Å². The maximum Gasteiger partial charge on any atom is 0.303 e. The number of H-pyrrole nitrogens is 1. The number of aryl methyl sites for hydroxylation is 1. The van der Waals surface area contributed by atoms with Crippen LogP contribution in [0.3, 0.4) is 0 Å². The van der Waals surface area contributed by atoms with Crippen molar-refractivity contribution in [1.82, 2.24) is 14.9 Å². The number of benzene rings is 1. The fourth-order valence-electron chi connectivity index (χ4n) is 1.95. The molecular weight excluding hydrogens is 344 g/mol. The summed E-state index contributed by atoms with van der Waals surface area (Å²) in [4.78, 5) is 22.9. The van der Waals surface area contributed by atoms with E-state index in [9.17, 15) is 9.59 Å². The topological polar surface area (TPSA) is 110 Å². The molecule has 0 bridgehead atoms. The lowest BCUT2D eigenvalue weighted by Crippen LogP contribution is -2.25. The van der Waals surface area contributed by atoms with E-state index >= 15 is 0 Å². The van der Waals surface area contributed by atoms with Gasteiger partial charge in [0, 0.05) is 6.42 Å². The van der Waals surface area contributed by atoms with Crippen molar-refractivity contribution in [3.63, 3.8) is 0 Å². The second-order valence-corrected chi connectivity index (χ2v) is 5.85. The maximum absolute atomic E-state index is 12.3. The van der Waals surface area contributed by atoms with Gasteiger partial charge in [-0.1, -0.05) is 0 Å². The predicted molar refractivity (Wildman–Crippen MR) is 94.8 cm³/mol. The number of aromatic nitrogens is 3. The van der Waals surface area contributed by atoms with Crippen molar-refractivity contribution in [2.45, 2.75) is 32.8 Å². The summed E-state index contributed by atoms with van der Waals surface area (Å²) in [6.07, 6.45) is 1.35. The molecule has 9 heteroatoms. The lowest BCUT2D eigenvalue weighted by Gasteiger charge is -2.09. The van der Waals surface area contributed by atoms with Crippen molar-refractivity contribution in [2.24, 2.45) is 5.10 Å². The van der Waals surface area contributed by atoms with Crippen molar-refractivity contribution in [1.29, 1.82) is 0 Å². The van der Waals surface area contributed by atoms with E-state index in [4.69, 9.17) is 22.1 Å². The molecule has 0 aliphatic rings. The Kier molecular flexibility index (Phi) is 6.18. The Morgan fingerprint density at radius 3 is 2.72 bits per heavy atom. The molecule has 1 heterocycles. The molecule has 0 radical (unpaired) electrons. The zero-order chi connectivity index (χ0) is 18.4. The highest BCUT2D eigenvalue weighted by Crippen LogP contribution is 2.12. The van der Waals surface area contributed by atoms with Crippen LogP contribution in [0.4, 0.5) is 0 Å². The summed E-state index contributed by atoms with van der Waals surface area (Å²) < 4.78 is 6.57. The van der Waals surface area contributed by atoms with Crippen LogP contribution in [-0.4, -0.2) is 38.3 Å². The highest BCUT2D eigenvalue weighted by atomic mass is 32.1. The van der Waals surface area contributed by atoms with Crippen LogP contribution in [0.5, 0.6) is 5.75 Å². The molecule has 0 amide bonds. The molecular formula is C16H18N4O4S. The summed E-state index contributed by atoms with van der Waals surface area (Å²) in [5.74, 6) is -0.274. The van der Waals surface area contributed by atoms with Crippen LogP contribution in [0.15, 0.2) is 34.2 Å². The van der Waals surface area contributed by atoms with Crippen molar-refractivity contribution < 1.29 is 14.6 Å². The van der Waals surface area contributed by atoms with Crippen molar-refractivity contribution >= 4 is 24.4 Å². The highest BCUT2D eigenvalue weighted by Gasteiger charge is 2.09. The van der Waals surface area contributed by atoms with E-state index in [2.05, 4.69) is 15.3 Å². The Morgan fingerprint density at radius 2 is 2.12 bits per heavy atom. The number of hydrogen-bond acceptors (Lipinski definition) is 6. The second kappa shape index (κ2) is 8.34. The van der Waals surface area contributed by atoms with Gasteiger partial charge in [0.2, 0.25) is 4.77 Å². The third-order valence-electron chi connectivity index (χ3n) is 3.07. The van der Waals surface area contributed by atoms with Crippen LogP contribution in [0.25, 0.3) is 0 Å². The second-order valence-electron chi connectivity index (χ2n) is 5.47. The lowest BCUT2D eigenvalue weighted by molar-refractivity contribution is -0.136. The first-order valence-corrected chi connectivity index (χ1v) is 8.01. The Bertz CT molecular complexity index is 884. The fourth-order valence-corrected chi connectivity index (χ4v) is 2.12. The number of nitrogens with zero attached hydrogens (tertiary/aromatic N) is 3. The molecule has 2 N–H and O–H groups in total. The summed E-state index contributed by atoms with van der Waals surface area (Å²) in [7, 11) is 0. The first kappa shape index (κ1) is 18.5. The largest absolute Gasteiger partial charge is 0.491 e. The number of ether oxygens (including phenoxy) is 1. The standard InChI is InChI=1S/C16H18N4O4S/c1-10(2)24-12-5-3-11(4-6-12)9-17-20-15(23)13(7-8-14(21)22)18-19-16(20)25/h3-6,9-10H,7-8H2,1-2H3,(H,19,25)(H,21,22)/b17-9-. The summed E-state index contributed by atoms with van der Waals surface area (Å²) >= 11 is 5.01. The zero-order valence-electron chi connectivity index (χ0n) is 13.8. The van der Waals surface area contributed by atoms with E-state index in [1.807, 2.05) is 13.8 Å². The monoisotopic (exact) mass is 362 g/mol. The number of aliphatic carboxylic acids is 1. The number of carbonyl (C=O) groups is 1. The number of hydrogen-bond donors (Lipinski definition) is 2. The van der Waals surface area contributed by atoms with Gasteiger partial charge in [-0.25, -0.2) is 0 Å². The maximum atomic E-state index is 12.3. The van der Waals surface area contributed by atoms with Gasteiger partial charge in [-0.05, 0) is 55.9 Å². The number of carboxylic acids is 1. The zero-order valence-corrected chi connectivity index (χ0v) is 14.6. The molecule has 1 aromatic heterocycles. The first-order chi connectivity index (χ1) is 11.9. The van der Waals surface area contributed by atoms with Crippen LogP contribution >= 0.6 is 12.2 Å². The molecule has 1 aromatic carbocycles. The van der Waals surface area contributed by atoms with Gasteiger partial charge in [-0.2, -0.15) is 14.9 Å². The molecule has 8 nitrogen and oxygen atoms in total. The molecule has 0 unspecified atom stereocenters. The van der Waals surface area contributed by atoms with Crippen LogP contribution in [0.1, 0.15) is 31.5 Å². The van der Waals surface area contributed by atoms with E-state index in [1.165, 1.54) is 6.21 Å². The summed E-state index contributed by atoms with van der Waals surface area (Å²) in [6.45, 7) is 3.88. The molecule has 2 rings (SSSR count). The van der Waals surface area contributed by atoms with Gasteiger partial charge in [-0.3, -0.25) is 14.7 Å².